The van der Waals surface area contributed by atoms with Crippen LogP contribution in [0.2, 0.25) is 5.02 Å². The Labute approximate surface area is 168 Å². The predicted molar refractivity (Wildman–Crippen MR) is 106 cm³/mol. The van der Waals surface area contributed by atoms with E-state index < -0.39 is 0 Å². The summed E-state index contributed by atoms with van der Waals surface area (Å²) in [6.45, 7) is 0.485. The Morgan fingerprint density at radius 3 is 2.18 bits per heavy atom. The van der Waals surface area contributed by atoms with Crippen LogP contribution in [-0.2, 0) is 11.3 Å². The first-order chi connectivity index (χ1) is 13.5. The Morgan fingerprint density at radius 2 is 1.61 bits per heavy atom. The minimum absolute atomic E-state index is 0.140. The van der Waals surface area contributed by atoms with Crippen molar-refractivity contribution in [1.82, 2.24) is 10.6 Å². The second-order valence-electron chi connectivity index (χ2n) is 5.80. The van der Waals surface area contributed by atoms with Crippen LogP contribution < -0.4 is 24.8 Å². The van der Waals surface area contributed by atoms with Crippen LogP contribution >= 0.6 is 11.6 Å². The average molecular weight is 407 g/mol. The molecule has 0 spiro atoms. The van der Waals surface area contributed by atoms with Gasteiger partial charge in [0.2, 0.25) is 11.7 Å². The molecular formula is C20H23ClN2O5. The highest BCUT2D eigenvalue weighted by Gasteiger charge is 2.14. The minimum Gasteiger partial charge on any atom is -0.493 e. The fourth-order valence-corrected chi connectivity index (χ4v) is 2.78. The quantitative estimate of drug-likeness (QED) is 0.668. The van der Waals surface area contributed by atoms with E-state index in [1.54, 1.807) is 36.4 Å². The Morgan fingerprint density at radius 1 is 0.964 bits per heavy atom. The van der Waals surface area contributed by atoms with Gasteiger partial charge in [0, 0.05) is 19.5 Å². The third kappa shape index (κ3) is 5.53. The summed E-state index contributed by atoms with van der Waals surface area (Å²) >= 11 is 5.98. The molecule has 0 aliphatic rings. The number of benzene rings is 2. The summed E-state index contributed by atoms with van der Waals surface area (Å²) < 4.78 is 15.9. The van der Waals surface area contributed by atoms with Crippen molar-refractivity contribution in [3.63, 3.8) is 0 Å². The van der Waals surface area contributed by atoms with Crippen molar-refractivity contribution in [3.8, 4) is 17.2 Å². The zero-order valence-electron chi connectivity index (χ0n) is 16.0. The van der Waals surface area contributed by atoms with Crippen LogP contribution in [0.4, 0.5) is 0 Å². The van der Waals surface area contributed by atoms with Crippen molar-refractivity contribution >= 4 is 23.4 Å². The smallest absolute Gasteiger partial charge is 0.252 e. The lowest BCUT2D eigenvalue weighted by atomic mass is 10.1. The summed E-state index contributed by atoms with van der Waals surface area (Å²) in [5, 5.41) is 5.84. The number of rotatable bonds is 9. The van der Waals surface area contributed by atoms with Crippen LogP contribution in [0.1, 0.15) is 22.3 Å². The zero-order chi connectivity index (χ0) is 20.5. The van der Waals surface area contributed by atoms with Gasteiger partial charge in [0.05, 0.1) is 31.9 Å². The van der Waals surface area contributed by atoms with Gasteiger partial charge in [-0.2, -0.15) is 0 Å². The predicted octanol–water partition coefficient (Wildman–Crippen LogP) is 2.80. The van der Waals surface area contributed by atoms with Crippen LogP contribution in [0.5, 0.6) is 17.2 Å². The summed E-state index contributed by atoms with van der Waals surface area (Å²) in [4.78, 5) is 24.1. The molecule has 2 aromatic carbocycles. The van der Waals surface area contributed by atoms with E-state index in [2.05, 4.69) is 10.6 Å². The third-order valence-electron chi connectivity index (χ3n) is 3.97. The molecule has 0 heterocycles. The summed E-state index contributed by atoms with van der Waals surface area (Å²) in [5.74, 6) is 0.995. The number of hydrogen-bond acceptors (Lipinski definition) is 5. The molecule has 0 saturated carbocycles. The minimum atomic E-state index is -0.317. The molecule has 150 valence electrons. The molecule has 0 saturated heterocycles. The first-order valence-corrected chi connectivity index (χ1v) is 8.96. The Bertz CT molecular complexity index is 816. The molecular weight excluding hydrogens is 384 g/mol. The van der Waals surface area contributed by atoms with E-state index in [1.807, 2.05) is 0 Å². The topological polar surface area (TPSA) is 85.9 Å². The molecule has 0 atom stereocenters. The molecule has 0 unspecified atom stereocenters. The number of carbonyl (C=O) groups is 2. The van der Waals surface area contributed by atoms with Gasteiger partial charge in [-0.3, -0.25) is 9.59 Å². The first-order valence-electron chi connectivity index (χ1n) is 8.58. The van der Waals surface area contributed by atoms with Gasteiger partial charge >= 0.3 is 0 Å². The van der Waals surface area contributed by atoms with E-state index in [9.17, 15) is 9.59 Å². The second-order valence-corrected chi connectivity index (χ2v) is 6.20. The lowest BCUT2D eigenvalue weighted by Gasteiger charge is -2.14. The maximum absolute atomic E-state index is 12.1. The number of carbonyl (C=O) groups excluding carboxylic acids is 2. The van der Waals surface area contributed by atoms with Gasteiger partial charge in [0.1, 0.15) is 0 Å². The highest BCUT2D eigenvalue weighted by molar-refractivity contribution is 6.33. The van der Waals surface area contributed by atoms with E-state index in [0.717, 1.165) is 5.56 Å². The van der Waals surface area contributed by atoms with Gasteiger partial charge in [0.15, 0.2) is 11.5 Å². The lowest BCUT2D eigenvalue weighted by molar-refractivity contribution is -0.121. The highest BCUT2D eigenvalue weighted by atomic mass is 35.5. The monoisotopic (exact) mass is 406 g/mol. The maximum atomic E-state index is 12.1. The largest absolute Gasteiger partial charge is 0.493 e. The van der Waals surface area contributed by atoms with Gasteiger partial charge in [-0.1, -0.05) is 23.7 Å². The molecule has 2 aromatic rings. The number of amides is 2. The Hall–Kier alpha value is -2.93. The SMILES string of the molecule is COc1cc(CNC(=O)CCNC(=O)c2ccccc2Cl)cc(OC)c1OC. The summed E-state index contributed by atoms with van der Waals surface area (Å²) in [6.07, 6.45) is 0.140. The number of hydrogen-bond donors (Lipinski definition) is 2. The van der Waals surface area contributed by atoms with E-state index in [1.165, 1.54) is 21.3 Å². The molecule has 2 amide bonds. The van der Waals surface area contributed by atoms with Crippen molar-refractivity contribution in [2.24, 2.45) is 0 Å². The molecule has 7 nitrogen and oxygen atoms in total. The van der Waals surface area contributed by atoms with Crippen LogP contribution in [0.15, 0.2) is 36.4 Å². The average Bonchev–Trinajstić information content (AvgIpc) is 2.71. The fraction of sp³-hybridized carbons (Fsp3) is 0.300. The molecule has 8 heteroatoms. The number of nitrogens with one attached hydrogen (secondary N) is 2. The fourth-order valence-electron chi connectivity index (χ4n) is 2.56. The van der Waals surface area contributed by atoms with Gasteiger partial charge in [-0.25, -0.2) is 0 Å². The molecule has 2 rings (SSSR count). The molecule has 0 aromatic heterocycles. The lowest BCUT2D eigenvalue weighted by Crippen LogP contribution is -2.30. The molecule has 0 radical (unpaired) electrons. The molecule has 2 N–H and O–H groups in total. The molecule has 28 heavy (non-hydrogen) atoms. The summed E-state index contributed by atoms with van der Waals surface area (Å²) in [7, 11) is 4.58. The van der Waals surface area contributed by atoms with Crippen molar-refractivity contribution in [3.05, 3.63) is 52.5 Å². The van der Waals surface area contributed by atoms with Crippen molar-refractivity contribution in [1.29, 1.82) is 0 Å². The molecule has 0 bridgehead atoms. The van der Waals surface area contributed by atoms with Crippen LogP contribution in [-0.4, -0.2) is 39.7 Å². The van der Waals surface area contributed by atoms with Gasteiger partial charge < -0.3 is 24.8 Å². The van der Waals surface area contributed by atoms with Crippen molar-refractivity contribution in [2.45, 2.75) is 13.0 Å². The van der Waals surface area contributed by atoms with Crippen LogP contribution in [0.3, 0.4) is 0 Å². The summed E-state index contributed by atoms with van der Waals surface area (Å²) in [5.41, 5.74) is 1.17. The Balaban J connectivity index is 1.86. The van der Waals surface area contributed by atoms with Gasteiger partial charge in [-0.15, -0.1) is 0 Å². The van der Waals surface area contributed by atoms with Crippen LogP contribution in [0, 0.1) is 0 Å². The second kappa shape index (κ2) is 10.4. The van der Waals surface area contributed by atoms with Crippen molar-refractivity contribution < 1.29 is 23.8 Å². The standard InChI is InChI=1S/C20H23ClN2O5/c1-26-16-10-13(11-17(27-2)19(16)28-3)12-23-18(24)8-9-22-20(25)14-6-4-5-7-15(14)21/h4-7,10-11H,8-9,12H2,1-3H3,(H,22,25)(H,23,24). The third-order valence-corrected chi connectivity index (χ3v) is 4.30. The number of ether oxygens (including phenoxy) is 3. The first kappa shape index (κ1) is 21.4. The maximum Gasteiger partial charge on any atom is 0.252 e. The normalized spacial score (nSPS) is 10.1. The Kier molecular flexibility index (Phi) is 7.95. The molecule has 0 aliphatic carbocycles. The van der Waals surface area contributed by atoms with E-state index in [-0.39, 0.29) is 31.3 Å². The van der Waals surface area contributed by atoms with E-state index in [4.69, 9.17) is 25.8 Å². The molecule has 0 fully saturated rings. The number of halogens is 1. The molecule has 0 aliphatic heterocycles. The van der Waals surface area contributed by atoms with E-state index in [0.29, 0.717) is 27.8 Å². The van der Waals surface area contributed by atoms with Crippen molar-refractivity contribution in [2.75, 3.05) is 27.9 Å². The summed E-state index contributed by atoms with van der Waals surface area (Å²) in [6, 6.07) is 10.3. The number of methoxy groups -OCH3 is 3. The van der Waals surface area contributed by atoms with Gasteiger partial charge in [-0.05, 0) is 29.8 Å². The van der Waals surface area contributed by atoms with Crippen LogP contribution in [0.25, 0.3) is 0 Å². The zero-order valence-corrected chi connectivity index (χ0v) is 16.8. The van der Waals surface area contributed by atoms with Gasteiger partial charge in [0.25, 0.3) is 5.91 Å². The van der Waals surface area contributed by atoms with E-state index >= 15 is 0 Å². The highest BCUT2D eigenvalue weighted by Crippen LogP contribution is 2.38.